The largest absolute Gasteiger partial charge is 0.480 e. The van der Waals surface area contributed by atoms with Crippen molar-refractivity contribution in [3.8, 4) is 0 Å². The van der Waals surface area contributed by atoms with Gasteiger partial charge in [-0.15, -0.1) is 0 Å². The van der Waals surface area contributed by atoms with E-state index in [1.165, 1.54) is 0 Å². The van der Waals surface area contributed by atoms with Crippen molar-refractivity contribution in [2.75, 3.05) is 6.54 Å². The van der Waals surface area contributed by atoms with Gasteiger partial charge in [0.25, 0.3) is 0 Å². The summed E-state index contributed by atoms with van der Waals surface area (Å²) in [6.07, 6.45) is 0.534. The minimum Gasteiger partial charge on any atom is -0.480 e. The SMILES string of the molecule is CC(C)N(CCC(C(=O)O)(c1ccccc1)c1ccccc1)C(C)C. The van der Waals surface area contributed by atoms with Crippen LogP contribution in [0.25, 0.3) is 0 Å². The van der Waals surface area contributed by atoms with E-state index in [2.05, 4.69) is 32.6 Å². The van der Waals surface area contributed by atoms with Gasteiger partial charge in [0, 0.05) is 18.6 Å². The molecule has 0 saturated heterocycles. The predicted molar refractivity (Wildman–Crippen MR) is 103 cm³/mol. The zero-order chi connectivity index (χ0) is 18.4. The highest BCUT2D eigenvalue weighted by Gasteiger charge is 2.42. The maximum absolute atomic E-state index is 12.6. The Balaban J connectivity index is 2.50. The van der Waals surface area contributed by atoms with Crippen LogP contribution in [0.15, 0.2) is 60.7 Å². The lowest BCUT2D eigenvalue weighted by Crippen LogP contribution is -2.44. The highest BCUT2D eigenvalue weighted by molar-refractivity contribution is 5.86. The molecule has 0 atom stereocenters. The first-order valence-electron chi connectivity index (χ1n) is 8.99. The summed E-state index contributed by atoms with van der Waals surface area (Å²) in [5.74, 6) is -0.794. The van der Waals surface area contributed by atoms with Crippen molar-refractivity contribution in [2.45, 2.75) is 51.6 Å². The molecule has 0 aliphatic carbocycles. The van der Waals surface area contributed by atoms with Gasteiger partial charge in [-0.25, -0.2) is 0 Å². The number of hydrogen-bond donors (Lipinski definition) is 1. The van der Waals surface area contributed by atoms with Gasteiger partial charge in [0.05, 0.1) is 0 Å². The number of carboxylic acid groups (broad SMARTS) is 1. The fraction of sp³-hybridized carbons (Fsp3) is 0.409. The molecule has 0 spiro atoms. The Kier molecular flexibility index (Phi) is 6.38. The summed E-state index contributed by atoms with van der Waals surface area (Å²) in [6, 6.07) is 20.0. The van der Waals surface area contributed by atoms with E-state index in [0.717, 1.165) is 17.7 Å². The molecule has 0 radical (unpaired) electrons. The predicted octanol–water partition coefficient (Wildman–Crippen LogP) is 4.57. The Bertz CT molecular complexity index is 617. The molecule has 0 saturated carbocycles. The van der Waals surface area contributed by atoms with Crippen LogP contribution >= 0.6 is 0 Å². The molecule has 2 aromatic carbocycles. The Morgan fingerprint density at radius 3 is 1.60 bits per heavy atom. The molecule has 0 heterocycles. The van der Waals surface area contributed by atoms with Crippen LogP contribution in [0, 0.1) is 0 Å². The van der Waals surface area contributed by atoms with Crippen LogP contribution in [0.4, 0.5) is 0 Å². The molecule has 2 rings (SSSR count). The van der Waals surface area contributed by atoms with Crippen molar-refractivity contribution in [1.82, 2.24) is 4.90 Å². The van der Waals surface area contributed by atoms with Crippen molar-refractivity contribution < 1.29 is 9.90 Å². The van der Waals surface area contributed by atoms with Crippen molar-refractivity contribution in [1.29, 1.82) is 0 Å². The molecule has 0 bridgehead atoms. The first-order chi connectivity index (χ1) is 11.9. The third-order valence-electron chi connectivity index (χ3n) is 4.97. The Morgan fingerprint density at radius 2 is 1.28 bits per heavy atom. The van der Waals surface area contributed by atoms with Gasteiger partial charge in [0.15, 0.2) is 0 Å². The minimum atomic E-state index is -1.04. The van der Waals surface area contributed by atoms with E-state index in [0.29, 0.717) is 18.5 Å². The molecule has 0 aromatic heterocycles. The monoisotopic (exact) mass is 339 g/mol. The molecular weight excluding hydrogens is 310 g/mol. The normalized spacial score (nSPS) is 12.1. The van der Waals surface area contributed by atoms with E-state index < -0.39 is 11.4 Å². The molecule has 2 aromatic rings. The molecule has 0 unspecified atom stereocenters. The average Bonchev–Trinajstić information content (AvgIpc) is 2.59. The number of nitrogens with zero attached hydrogens (tertiary/aromatic N) is 1. The summed E-state index contributed by atoms with van der Waals surface area (Å²) in [4.78, 5) is 14.9. The van der Waals surface area contributed by atoms with Gasteiger partial charge >= 0.3 is 5.97 Å². The fourth-order valence-electron chi connectivity index (χ4n) is 3.66. The van der Waals surface area contributed by atoms with E-state index in [-0.39, 0.29) is 0 Å². The van der Waals surface area contributed by atoms with E-state index in [1.807, 2.05) is 60.7 Å². The minimum absolute atomic E-state index is 0.373. The molecule has 0 amide bonds. The number of hydrogen-bond acceptors (Lipinski definition) is 2. The zero-order valence-corrected chi connectivity index (χ0v) is 15.6. The summed E-state index contributed by atoms with van der Waals surface area (Å²) in [7, 11) is 0. The maximum atomic E-state index is 12.6. The summed E-state index contributed by atoms with van der Waals surface area (Å²) >= 11 is 0. The topological polar surface area (TPSA) is 40.5 Å². The summed E-state index contributed by atoms with van der Waals surface area (Å²) in [6.45, 7) is 9.37. The molecule has 134 valence electrons. The van der Waals surface area contributed by atoms with Crippen molar-refractivity contribution in [3.05, 3.63) is 71.8 Å². The fourth-order valence-corrected chi connectivity index (χ4v) is 3.66. The Morgan fingerprint density at radius 1 is 0.880 bits per heavy atom. The number of aliphatic carboxylic acids is 1. The molecule has 0 aliphatic rings. The van der Waals surface area contributed by atoms with E-state index in [9.17, 15) is 9.90 Å². The number of carboxylic acids is 1. The van der Waals surface area contributed by atoms with Crippen LogP contribution in [-0.4, -0.2) is 34.6 Å². The third kappa shape index (κ3) is 4.10. The van der Waals surface area contributed by atoms with Crippen molar-refractivity contribution >= 4 is 5.97 Å². The van der Waals surface area contributed by atoms with E-state index >= 15 is 0 Å². The lowest BCUT2D eigenvalue weighted by molar-refractivity contribution is -0.142. The zero-order valence-electron chi connectivity index (χ0n) is 15.6. The molecule has 25 heavy (non-hydrogen) atoms. The van der Waals surface area contributed by atoms with Gasteiger partial charge in [0.1, 0.15) is 5.41 Å². The van der Waals surface area contributed by atoms with Gasteiger partial charge in [-0.05, 0) is 45.2 Å². The van der Waals surface area contributed by atoms with Gasteiger partial charge in [-0.1, -0.05) is 60.7 Å². The first-order valence-corrected chi connectivity index (χ1v) is 8.99. The standard InChI is InChI=1S/C22H29NO2/c1-17(2)23(18(3)4)16-15-22(21(24)25,19-11-7-5-8-12-19)20-13-9-6-10-14-20/h5-14,17-18H,15-16H2,1-4H3,(H,24,25). The Hall–Kier alpha value is -2.13. The van der Waals surface area contributed by atoms with E-state index in [1.54, 1.807) is 0 Å². The average molecular weight is 339 g/mol. The molecule has 0 fully saturated rings. The molecule has 3 heteroatoms. The van der Waals surface area contributed by atoms with Crippen molar-refractivity contribution in [2.24, 2.45) is 0 Å². The van der Waals surface area contributed by atoms with Crippen LogP contribution in [0.1, 0.15) is 45.2 Å². The molecular formula is C22H29NO2. The highest BCUT2D eigenvalue weighted by Crippen LogP contribution is 2.36. The third-order valence-corrected chi connectivity index (χ3v) is 4.97. The number of carbonyl (C=O) groups is 1. The number of rotatable bonds is 8. The lowest BCUT2D eigenvalue weighted by atomic mass is 9.72. The van der Waals surface area contributed by atoms with Crippen LogP contribution in [0.2, 0.25) is 0 Å². The second kappa shape index (κ2) is 8.30. The first kappa shape index (κ1) is 19.2. The van der Waals surface area contributed by atoms with Crippen LogP contribution < -0.4 is 0 Å². The Labute approximate surface area is 151 Å². The van der Waals surface area contributed by atoms with Crippen molar-refractivity contribution in [3.63, 3.8) is 0 Å². The molecule has 3 nitrogen and oxygen atoms in total. The maximum Gasteiger partial charge on any atom is 0.318 e. The summed E-state index contributed by atoms with van der Waals surface area (Å²) in [5.41, 5.74) is 0.632. The smallest absolute Gasteiger partial charge is 0.318 e. The second-order valence-corrected chi connectivity index (χ2v) is 7.12. The van der Waals surface area contributed by atoms with Crippen LogP contribution in [0.3, 0.4) is 0 Å². The van der Waals surface area contributed by atoms with Crippen LogP contribution in [0.5, 0.6) is 0 Å². The summed E-state index contributed by atoms with van der Waals surface area (Å²) < 4.78 is 0. The highest BCUT2D eigenvalue weighted by atomic mass is 16.4. The molecule has 1 N–H and O–H groups in total. The van der Waals surface area contributed by atoms with Gasteiger partial charge in [-0.2, -0.15) is 0 Å². The summed E-state index contributed by atoms with van der Waals surface area (Å²) in [5, 5.41) is 10.3. The lowest BCUT2D eigenvalue weighted by Gasteiger charge is -2.36. The number of benzene rings is 2. The van der Waals surface area contributed by atoms with E-state index in [4.69, 9.17) is 0 Å². The van der Waals surface area contributed by atoms with Gasteiger partial charge in [-0.3, -0.25) is 9.69 Å². The second-order valence-electron chi connectivity index (χ2n) is 7.12. The molecule has 0 aliphatic heterocycles. The van der Waals surface area contributed by atoms with Gasteiger partial charge < -0.3 is 5.11 Å². The van der Waals surface area contributed by atoms with Gasteiger partial charge in [0.2, 0.25) is 0 Å². The quantitative estimate of drug-likeness (QED) is 0.766. The van der Waals surface area contributed by atoms with Crippen LogP contribution in [-0.2, 0) is 10.2 Å².